The minimum Gasteiger partial charge on any atom is -0.380 e. The van der Waals surface area contributed by atoms with Crippen LogP contribution in [-0.2, 0) is 4.74 Å². The normalized spacial score (nSPS) is 13.6. The highest BCUT2D eigenvalue weighted by Gasteiger charge is 2.09. The molecule has 0 fully saturated rings. The molecule has 1 unspecified atom stereocenters. The molecule has 2 N–H and O–H groups in total. The molecule has 13 heavy (non-hydrogen) atoms. The first-order valence-corrected chi connectivity index (χ1v) is 5.57. The van der Waals surface area contributed by atoms with E-state index in [0.29, 0.717) is 0 Å². The molecule has 0 spiro atoms. The van der Waals surface area contributed by atoms with Gasteiger partial charge < -0.3 is 10.5 Å². The van der Waals surface area contributed by atoms with E-state index in [-0.39, 0.29) is 6.04 Å². The van der Waals surface area contributed by atoms with Crippen molar-refractivity contribution in [1.29, 1.82) is 0 Å². The van der Waals surface area contributed by atoms with Crippen LogP contribution in [0.25, 0.3) is 0 Å². The van der Waals surface area contributed by atoms with Gasteiger partial charge in [0.1, 0.15) is 0 Å². The van der Waals surface area contributed by atoms with Gasteiger partial charge in [0.2, 0.25) is 0 Å². The molecule has 0 rings (SSSR count). The van der Waals surface area contributed by atoms with E-state index in [9.17, 15) is 0 Å². The van der Waals surface area contributed by atoms with E-state index in [1.807, 2.05) is 0 Å². The van der Waals surface area contributed by atoms with Gasteiger partial charge in [-0.3, -0.25) is 0 Å². The maximum atomic E-state index is 5.94. The third-order valence-corrected chi connectivity index (χ3v) is 2.47. The van der Waals surface area contributed by atoms with E-state index in [2.05, 4.69) is 20.8 Å². The molecule has 2 nitrogen and oxygen atoms in total. The zero-order valence-corrected chi connectivity index (χ0v) is 9.38. The van der Waals surface area contributed by atoms with Crippen molar-refractivity contribution in [2.24, 2.45) is 11.7 Å². The molecular formula is C11H25NO. The van der Waals surface area contributed by atoms with Crippen LogP contribution in [0.2, 0.25) is 0 Å². The Morgan fingerprint density at radius 3 is 2.23 bits per heavy atom. The van der Waals surface area contributed by atoms with Crippen LogP contribution in [0.5, 0.6) is 0 Å². The Kier molecular flexibility index (Phi) is 8.46. The molecule has 0 aromatic carbocycles. The standard InChI is InChI=1S/C11H25NO/c1-4-7-13-9-11(12)8-10(5-2)6-3/h10-11H,4-9,12H2,1-3H3. The largest absolute Gasteiger partial charge is 0.380 e. The lowest BCUT2D eigenvalue weighted by atomic mass is 9.95. The van der Waals surface area contributed by atoms with Crippen LogP contribution in [0.1, 0.15) is 46.5 Å². The van der Waals surface area contributed by atoms with Crippen molar-refractivity contribution in [3.05, 3.63) is 0 Å². The van der Waals surface area contributed by atoms with Crippen molar-refractivity contribution >= 4 is 0 Å². The topological polar surface area (TPSA) is 35.2 Å². The van der Waals surface area contributed by atoms with Gasteiger partial charge in [0.25, 0.3) is 0 Å². The van der Waals surface area contributed by atoms with Crippen LogP contribution in [0.3, 0.4) is 0 Å². The van der Waals surface area contributed by atoms with Crippen LogP contribution < -0.4 is 5.73 Å². The van der Waals surface area contributed by atoms with Gasteiger partial charge in [-0.15, -0.1) is 0 Å². The summed E-state index contributed by atoms with van der Waals surface area (Å²) in [4.78, 5) is 0. The summed E-state index contributed by atoms with van der Waals surface area (Å²) in [7, 11) is 0. The fourth-order valence-corrected chi connectivity index (χ4v) is 1.50. The van der Waals surface area contributed by atoms with Gasteiger partial charge in [-0.2, -0.15) is 0 Å². The SMILES string of the molecule is CCCOCC(N)CC(CC)CC. The molecule has 0 saturated carbocycles. The van der Waals surface area contributed by atoms with Crippen LogP contribution in [0, 0.1) is 5.92 Å². The van der Waals surface area contributed by atoms with Gasteiger partial charge >= 0.3 is 0 Å². The zero-order valence-electron chi connectivity index (χ0n) is 9.38. The third kappa shape index (κ3) is 7.03. The molecule has 0 heterocycles. The minimum atomic E-state index is 0.233. The summed E-state index contributed by atoms with van der Waals surface area (Å²) in [6, 6.07) is 0.233. The Labute approximate surface area is 82.8 Å². The minimum absolute atomic E-state index is 0.233. The predicted molar refractivity (Wildman–Crippen MR) is 57.8 cm³/mol. The molecule has 1 atom stereocenters. The third-order valence-electron chi connectivity index (χ3n) is 2.47. The van der Waals surface area contributed by atoms with E-state index in [1.54, 1.807) is 0 Å². The molecule has 0 aliphatic carbocycles. The fourth-order valence-electron chi connectivity index (χ4n) is 1.50. The predicted octanol–water partition coefficient (Wildman–Crippen LogP) is 2.57. The molecule has 0 radical (unpaired) electrons. The highest BCUT2D eigenvalue weighted by atomic mass is 16.5. The number of nitrogens with two attached hydrogens (primary N) is 1. The molecule has 0 aliphatic rings. The monoisotopic (exact) mass is 187 g/mol. The van der Waals surface area contributed by atoms with Crippen molar-refractivity contribution in [2.45, 2.75) is 52.5 Å². The second kappa shape index (κ2) is 8.52. The molecule has 0 aromatic heterocycles. The number of rotatable bonds is 8. The summed E-state index contributed by atoms with van der Waals surface area (Å²) >= 11 is 0. The van der Waals surface area contributed by atoms with Crippen LogP contribution in [0.4, 0.5) is 0 Å². The maximum Gasteiger partial charge on any atom is 0.0617 e. The maximum absolute atomic E-state index is 5.94. The number of hydrogen-bond acceptors (Lipinski definition) is 2. The highest BCUT2D eigenvalue weighted by Crippen LogP contribution is 2.13. The van der Waals surface area contributed by atoms with Crippen LogP contribution >= 0.6 is 0 Å². The molecule has 0 aliphatic heterocycles. The second-order valence-corrected chi connectivity index (χ2v) is 3.75. The lowest BCUT2D eigenvalue weighted by Crippen LogP contribution is -2.28. The highest BCUT2D eigenvalue weighted by molar-refractivity contribution is 4.66. The molecule has 2 heteroatoms. The molecule has 80 valence electrons. The van der Waals surface area contributed by atoms with E-state index in [4.69, 9.17) is 10.5 Å². The fraction of sp³-hybridized carbons (Fsp3) is 1.00. The van der Waals surface area contributed by atoms with Gasteiger partial charge in [0.05, 0.1) is 6.61 Å². The number of hydrogen-bond donors (Lipinski definition) is 1. The molecule has 0 bridgehead atoms. The Bertz CT molecular complexity index is 102. The Hall–Kier alpha value is -0.0800. The first kappa shape index (κ1) is 12.9. The van der Waals surface area contributed by atoms with E-state index < -0.39 is 0 Å². The second-order valence-electron chi connectivity index (χ2n) is 3.75. The van der Waals surface area contributed by atoms with E-state index in [0.717, 1.165) is 32.0 Å². The first-order valence-electron chi connectivity index (χ1n) is 5.57. The zero-order chi connectivity index (χ0) is 10.1. The molecule has 0 saturated heterocycles. The van der Waals surface area contributed by atoms with Gasteiger partial charge in [0.15, 0.2) is 0 Å². The van der Waals surface area contributed by atoms with Crippen molar-refractivity contribution in [3.8, 4) is 0 Å². The van der Waals surface area contributed by atoms with E-state index in [1.165, 1.54) is 12.8 Å². The summed E-state index contributed by atoms with van der Waals surface area (Å²) in [6.07, 6.45) is 4.66. The lowest BCUT2D eigenvalue weighted by Gasteiger charge is -2.17. The molecular weight excluding hydrogens is 162 g/mol. The summed E-state index contributed by atoms with van der Waals surface area (Å²) in [5, 5.41) is 0. The Morgan fingerprint density at radius 1 is 1.15 bits per heavy atom. The van der Waals surface area contributed by atoms with Crippen LogP contribution in [0.15, 0.2) is 0 Å². The Morgan fingerprint density at radius 2 is 1.77 bits per heavy atom. The van der Waals surface area contributed by atoms with Crippen molar-refractivity contribution in [1.82, 2.24) is 0 Å². The summed E-state index contributed by atoms with van der Waals surface area (Å²) in [5.41, 5.74) is 5.94. The summed E-state index contributed by atoms with van der Waals surface area (Å²) in [5.74, 6) is 0.778. The van der Waals surface area contributed by atoms with Gasteiger partial charge in [-0.25, -0.2) is 0 Å². The van der Waals surface area contributed by atoms with Crippen molar-refractivity contribution in [2.75, 3.05) is 13.2 Å². The van der Waals surface area contributed by atoms with Crippen LogP contribution in [-0.4, -0.2) is 19.3 Å². The quantitative estimate of drug-likeness (QED) is 0.593. The van der Waals surface area contributed by atoms with Gasteiger partial charge in [-0.05, 0) is 18.8 Å². The summed E-state index contributed by atoms with van der Waals surface area (Å²) < 4.78 is 5.41. The Balaban J connectivity index is 3.42. The van der Waals surface area contributed by atoms with E-state index >= 15 is 0 Å². The average molecular weight is 187 g/mol. The van der Waals surface area contributed by atoms with Gasteiger partial charge in [0, 0.05) is 12.6 Å². The number of ether oxygens (including phenoxy) is 1. The average Bonchev–Trinajstić information content (AvgIpc) is 2.14. The smallest absolute Gasteiger partial charge is 0.0617 e. The van der Waals surface area contributed by atoms with Gasteiger partial charge in [-0.1, -0.05) is 33.6 Å². The molecule has 0 aromatic rings. The lowest BCUT2D eigenvalue weighted by molar-refractivity contribution is 0.114. The summed E-state index contributed by atoms with van der Waals surface area (Å²) in [6.45, 7) is 8.15. The molecule has 0 amide bonds. The first-order chi connectivity index (χ1) is 6.24. The van der Waals surface area contributed by atoms with Crippen molar-refractivity contribution < 1.29 is 4.74 Å². The van der Waals surface area contributed by atoms with Crippen molar-refractivity contribution in [3.63, 3.8) is 0 Å².